The average molecular weight is 632 g/mol. The number of anilines is 1. The third-order valence-corrected chi connectivity index (χ3v) is 12.2. The molecule has 1 heteroatoms. The molecule has 1 saturated heterocycles. The smallest absolute Gasteiger partial charge is 0.0552 e. The van der Waals surface area contributed by atoms with Gasteiger partial charge in [-0.3, -0.25) is 0 Å². The van der Waals surface area contributed by atoms with E-state index < -0.39 is 0 Å². The molecule has 4 aromatic carbocycles. The van der Waals surface area contributed by atoms with Crippen molar-refractivity contribution in [2.24, 2.45) is 29.6 Å². The summed E-state index contributed by atoms with van der Waals surface area (Å²) in [5, 5.41) is 0. The maximum absolute atomic E-state index is 2.72. The maximum atomic E-state index is 2.72. The summed E-state index contributed by atoms with van der Waals surface area (Å²) >= 11 is 0. The minimum absolute atomic E-state index is 0.313. The Morgan fingerprint density at radius 1 is 0.551 bits per heavy atom. The molecule has 8 unspecified atom stereocenters. The number of rotatable bonds is 4. The number of nitrogens with zero attached hydrogens (tertiary/aromatic N) is 1. The van der Waals surface area contributed by atoms with E-state index in [0.29, 0.717) is 47.6 Å². The van der Waals surface area contributed by atoms with E-state index in [9.17, 15) is 0 Å². The number of hydrogen-bond acceptors (Lipinski definition) is 1. The molecule has 10 rings (SSSR count). The summed E-state index contributed by atoms with van der Waals surface area (Å²) in [6, 6.07) is 38.8. The highest BCUT2D eigenvalue weighted by Crippen LogP contribution is 2.55. The minimum Gasteiger partial charge on any atom is -0.357 e. The first-order chi connectivity index (χ1) is 24.3. The van der Waals surface area contributed by atoms with Crippen LogP contribution in [-0.2, 0) is 0 Å². The molecule has 1 nitrogen and oxygen atoms in total. The molecule has 4 aromatic rings. The quantitative estimate of drug-likeness (QED) is 0.217. The van der Waals surface area contributed by atoms with Gasteiger partial charge in [0.25, 0.3) is 0 Å². The Kier molecular flexibility index (Phi) is 6.93. The maximum Gasteiger partial charge on any atom is 0.0552 e. The first-order valence-electron chi connectivity index (χ1n) is 18.2. The Bertz CT molecular complexity index is 2060. The fourth-order valence-electron chi connectivity index (χ4n) is 10.0. The Hall–Kier alpha value is -5.14. The zero-order valence-corrected chi connectivity index (χ0v) is 27.7. The van der Waals surface area contributed by atoms with E-state index in [2.05, 4.69) is 181 Å². The van der Waals surface area contributed by atoms with Crippen molar-refractivity contribution in [1.82, 2.24) is 0 Å². The van der Waals surface area contributed by atoms with Crippen molar-refractivity contribution in [3.63, 3.8) is 0 Å². The summed E-state index contributed by atoms with van der Waals surface area (Å²) < 4.78 is 0. The Labute approximate surface area is 290 Å². The molecule has 1 fully saturated rings. The molecule has 0 aromatic heterocycles. The van der Waals surface area contributed by atoms with Crippen LogP contribution >= 0.6 is 0 Å². The number of fused-ring (bicyclic) bond motifs is 9. The second-order valence-corrected chi connectivity index (χ2v) is 14.7. The van der Waals surface area contributed by atoms with Crippen molar-refractivity contribution < 1.29 is 0 Å². The SMILES string of the molecule is C1=CC2c3ccccc3C3=CCC(C4=CC5C6C=CC=CC6N(c6cc(-c7ccccc7)cc(-c7ccccc7)c6)C5C=C4)CC3C2C=C1. The third kappa shape index (κ3) is 4.82. The molecule has 0 bridgehead atoms. The van der Waals surface area contributed by atoms with Crippen LogP contribution in [0.2, 0.25) is 0 Å². The normalized spacial score (nSPS) is 30.1. The summed E-state index contributed by atoms with van der Waals surface area (Å²) in [5.74, 6) is 3.03. The molecule has 5 aliphatic carbocycles. The second kappa shape index (κ2) is 11.8. The van der Waals surface area contributed by atoms with Crippen LogP contribution in [0.25, 0.3) is 27.8 Å². The number of hydrogen-bond donors (Lipinski definition) is 0. The molecular weight excluding hydrogens is 591 g/mol. The molecule has 238 valence electrons. The molecule has 0 spiro atoms. The van der Waals surface area contributed by atoms with Gasteiger partial charge in [0.1, 0.15) is 0 Å². The Morgan fingerprint density at radius 2 is 1.20 bits per heavy atom. The van der Waals surface area contributed by atoms with Crippen LogP contribution in [0.15, 0.2) is 182 Å². The standard InChI is InChI=1S/C48H41N/c1-3-13-32(14-4-1)36-27-37(33-15-5-2-6-16-33)29-38(28-36)49-47-22-12-11-21-44(47)46-31-35(24-26-48(46)49)34-23-25-43-41-19-8-7-17-39(41)40-18-9-10-20-42(40)45(43)30-34/h1-22,24-29,31,34,40,42,44-48H,23,30H2. The average Bonchev–Trinajstić information content (AvgIpc) is 3.52. The Morgan fingerprint density at radius 3 is 1.98 bits per heavy atom. The summed E-state index contributed by atoms with van der Waals surface area (Å²) in [6.07, 6.45) is 31.7. The third-order valence-electron chi connectivity index (χ3n) is 12.2. The summed E-state index contributed by atoms with van der Waals surface area (Å²) in [7, 11) is 0. The highest BCUT2D eigenvalue weighted by atomic mass is 15.2. The van der Waals surface area contributed by atoms with Crippen LogP contribution in [0.5, 0.6) is 0 Å². The predicted molar refractivity (Wildman–Crippen MR) is 205 cm³/mol. The zero-order valence-electron chi connectivity index (χ0n) is 27.7. The van der Waals surface area contributed by atoms with Gasteiger partial charge in [-0.25, -0.2) is 0 Å². The van der Waals surface area contributed by atoms with Crippen molar-refractivity contribution in [3.05, 3.63) is 193 Å². The fraction of sp³-hybridized carbons (Fsp3) is 0.208. The van der Waals surface area contributed by atoms with E-state index in [1.54, 1.807) is 11.1 Å². The van der Waals surface area contributed by atoms with Crippen molar-refractivity contribution in [1.29, 1.82) is 0 Å². The lowest BCUT2D eigenvalue weighted by Gasteiger charge is -2.44. The monoisotopic (exact) mass is 631 g/mol. The molecule has 0 N–H and O–H groups in total. The zero-order chi connectivity index (χ0) is 32.3. The van der Waals surface area contributed by atoms with Crippen molar-refractivity contribution >= 4 is 11.3 Å². The number of allylic oxidation sites excluding steroid dienone is 10. The molecule has 49 heavy (non-hydrogen) atoms. The van der Waals surface area contributed by atoms with Crippen molar-refractivity contribution in [2.75, 3.05) is 4.90 Å². The van der Waals surface area contributed by atoms with Crippen LogP contribution in [0.4, 0.5) is 5.69 Å². The molecule has 0 amide bonds. The van der Waals surface area contributed by atoms with Crippen LogP contribution in [0.1, 0.15) is 29.9 Å². The molecule has 1 heterocycles. The molecule has 8 atom stereocenters. The van der Waals surface area contributed by atoms with Crippen LogP contribution in [0, 0.1) is 29.6 Å². The highest BCUT2D eigenvalue weighted by molar-refractivity contribution is 5.80. The lowest BCUT2D eigenvalue weighted by atomic mass is 9.60. The van der Waals surface area contributed by atoms with Gasteiger partial charge in [0.15, 0.2) is 0 Å². The summed E-state index contributed by atoms with van der Waals surface area (Å²) in [5.41, 5.74) is 12.5. The van der Waals surface area contributed by atoms with Crippen LogP contribution in [0.3, 0.4) is 0 Å². The van der Waals surface area contributed by atoms with E-state index in [-0.39, 0.29) is 0 Å². The van der Waals surface area contributed by atoms with Crippen LogP contribution < -0.4 is 4.90 Å². The summed E-state index contributed by atoms with van der Waals surface area (Å²) in [4.78, 5) is 2.72. The largest absolute Gasteiger partial charge is 0.357 e. The van der Waals surface area contributed by atoms with Gasteiger partial charge in [-0.2, -0.15) is 0 Å². The lowest BCUT2D eigenvalue weighted by Crippen LogP contribution is -2.37. The van der Waals surface area contributed by atoms with E-state index in [0.717, 1.165) is 6.42 Å². The molecule has 0 radical (unpaired) electrons. The minimum atomic E-state index is 0.313. The van der Waals surface area contributed by atoms with Crippen molar-refractivity contribution in [2.45, 2.75) is 30.8 Å². The first-order valence-corrected chi connectivity index (χ1v) is 18.2. The molecular formula is C48H41N. The van der Waals surface area contributed by atoms with Gasteiger partial charge in [-0.15, -0.1) is 0 Å². The van der Waals surface area contributed by atoms with E-state index >= 15 is 0 Å². The fourth-order valence-corrected chi connectivity index (χ4v) is 10.0. The number of benzene rings is 4. The first kappa shape index (κ1) is 28.8. The van der Waals surface area contributed by atoms with Gasteiger partial charge in [0.2, 0.25) is 0 Å². The van der Waals surface area contributed by atoms with Gasteiger partial charge in [-0.1, -0.05) is 158 Å². The lowest BCUT2D eigenvalue weighted by molar-refractivity contribution is 0.348. The highest BCUT2D eigenvalue weighted by Gasteiger charge is 2.47. The predicted octanol–water partition coefficient (Wildman–Crippen LogP) is 11.4. The van der Waals surface area contributed by atoms with Crippen molar-refractivity contribution in [3.8, 4) is 22.3 Å². The van der Waals surface area contributed by atoms with Gasteiger partial charge >= 0.3 is 0 Å². The molecule has 6 aliphatic rings. The Balaban J connectivity index is 1.01. The van der Waals surface area contributed by atoms with Gasteiger partial charge in [0.05, 0.1) is 12.1 Å². The summed E-state index contributed by atoms with van der Waals surface area (Å²) in [6.45, 7) is 0. The molecule has 0 saturated carbocycles. The van der Waals surface area contributed by atoms with Gasteiger partial charge in [0, 0.05) is 23.4 Å². The van der Waals surface area contributed by atoms with E-state index in [4.69, 9.17) is 0 Å². The topological polar surface area (TPSA) is 3.24 Å². The van der Waals surface area contributed by atoms with E-state index in [1.165, 1.54) is 45.5 Å². The second-order valence-electron chi connectivity index (χ2n) is 14.7. The van der Waals surface area contributed by atoms with Gasteiger partial charge < -0.3 is 4.90 Å². The van der Waals surface area contributed by atoms with Crippen LogP contribution in [-0.4, -0.2) is 12.1 Å². The van der Waals surface area contributed by atoms with E-state index in [1.807, 2.05) is 0 Å². The van der Waals surface area contributed by atoms with Gasteiger partial charge in [-0.05, 0) is 93.3 Å². The molecule has 1 aliphatic heterocycles.